The van der Waals surface area contributed by atoms with Gasteiger partial charge in [0.2, 0.25) is 5.91 Å². The van der Waals surface area contributed by atoms with Crippen LogP contribution in [-0.2, 0) is 17.6 Å². The predicted octanol–water partition coefficient (Wildman–Crippen LogP) is 2.35. The molecule has 2 rings (SSSR count). The second-order valence-corrected chi connectivity index (χ2v) is 5.09. The summed E-state index contributed by atoms with van der Waals surface area (Å²) in [7, 11) is 0. The smallest absolute Gasteiger partial charge is 0.224 e. The molecule has 18 heavy (non-hydrogen) atoms. The van der Waals surface area contributed by atoms with Gasteiger partial charge in [0.25, 0.3) is 0 Å². The van der Waals surface area contributed by atoms with Gasteiger partial charge in [0, 0.05) is 24.0 Å². The average molecular weight is 260 g/mol. The number of hydrogen-bond donors (Lipinski definition) is 1. The van der Waals surface area contributed by atoms with Crippen molar-refractivity contribution in [3.05, 3.63) is 52.0 Å². The molecule has 0 unspecified atom stereocenters. The summed E-state index contributed by atoms with van der Waals surface area (Å²) in [5, 5.41) is 6.02. The second kappa shape index (κ2) is 6.31. The highest BCUT2D eigenvalue weighted by molar-refractivity contribution is 7.09. The van der Waals surface area contributed by atoms with Gasteiger partial charge in [0.15, 0.2) is 0 Å². The quantitative estimate of drug-likeness (QED) is 0.896. The molecule has 0 aliphatic rings. The van der Waals surface area contributed by atoms with Gasteiger partial charge in [0.1, 0.15) is 0 Å². The van der Waals surface area contributed by atoms with Gasteiger partial charge < -0.3 is 5.32 Å². The number of carbonyl (C=O) groups excluding carboxylic acids is 1. The van der Waals surface area contributed by atoms with Crippen LogP contribution in [-0.4, -0.2) is 17.4 Å². The summed E-state index contributed by atoms with van der Waals surface area (Å²) in [6.45, 7) is 2.63. The lowest BCUT2D eigenvalue weighted by molar-refractivity contribution is -0.120. The van der Waals surface area contributed by atoms with Crippen LogP contribution in [0.15, 0.2) is 35.7 Å². The van der Waals surface area contributed by atoms with Crippen LogP contribution in [0.2, 0.25) is 0 Å². The van der Waals surface area contributed by atoms with Crippen molar-refractivity contribution in [3.8, 4) is 0 Å². The van der Waals surface area contributed by atoms with Crippen LogP contribution >= 0.6 is 11.3 Å². The Balaban J connectivity index is 1.72. The van der Waals surface area contributed by atoms with Gasteiger partial charge in [0.05, 0.1) is 11.4 Å². The highest BCUT2D eigenvalue weighted by Crippen LogP contribution is 2.08. The Morgan fingerprint density at radius 3 is 2.78 bits per heavy atom. The molecule has 1 heterocycles. The first-order valence-electron chi connectivity index (χ1n) is 5.95. The van der Waals surface area contributed by atoms with Crippen molar-refractivity contribution in [3.63, 3.8) is 0 Å². The van der Waals surface area contributed by atoms with E-state index in [1.807, 2.05) is 42.6 Å². The van der Waals surface area contributed by atoms with Gasteiger partial charge in [-0.25, -0.2) is 4.98 Å². The van der Waals surface area contributed by atoms with Crippen LogP contribution in [0.1, 0.15) is 16.3 Å². The number of aryl methyl sites for hydroxylation is 1. The zero-order valence-corrected chi connectivity index (χ0v) is 11.2. The molecular formula is C14H16N2OS. The van der Waals surface area contributed by atoms with E-state index in [0.717, 1.165) is 22.7 Å². The summed E-state index contributed by atoms with van der Waals surface area (Å²) in [6, 6.07) is 9.77. The Hall–Kier alpha value is -1.68. The minimum Gasteiger partial charge on any atom is -0.355 e. The van der Waals surface area contributed by atoms with E-state index in [4.69, 9.17) is 0 Å². The minimum absolute atomic E-state index is 0.0643. The molecule has 1 aromatic carbocycles. The van der Waals surface area contributed by atoms with E-state index in [-0.39, 0.29) is 5.91 Å². The van der Waals surface area contributed by atoms with E-state index < -0.39 is 0 Å². The summed E-state index contributed by atoms with van der Waals surface area (Å²) < 4.78 is 0. The summed E-state index contributed by atoms with van der Waals surface area (Å²) in [4.78, 5) is 16.0. The summed E-state index contributed by atoms with van der Waals surface area (Å²) in [5.74, 6) is 0.0643. The highest BCUT2D eigenvalue weighted by Gasteiger charge is 2.03. The van der Waals surface area contributed by atoms with Crippen LogP contribution in [0.3, 0.4) is 0 Å². The largest absolute Gasteiger partial charge is 0.355 e. The number of amides is 1. The predicted molar refractivity (Wildman–Crippen MR) is 73.7 cm³/mol. The van der Waals surface area contributed by atoms with Crippen molar-refractivity contribution >= 4 is 17.2 Å². The standard InChI is InChI=1S/C14H16N2OS/c1-11-10-18-14(16-11)7-8-15-13(17)9-12-5-3-2-4-6-12/h2-6,10H,7-9H2,1H3,(H,15,17). The Kier molecular flexibility index (Phi) is 4.47. The molecule has 94 valence electrons. The molecule has 0 fully saturated rings. The van der Waals surface area contributed by atoms with E-state index in [2.05, 4.69) is 10.3 Å². The lowest BCUT2D eigenvalue weighted by Crippen LogP contribution is -2.27. The number of nitrogens with zero attached hydrogens (tertiary/aromatic N) is 1. The van der Waals surface area contributed by atoms with Crippen molar-refractivity contribution < 1.29 is 4.79 Å². The van der Waals surface area contributed by atoms with Crippen molar-refractivity contribution in [2.75, 3.05) is 6.54 Å². The van der Waals surface area contributed by atoms with E-state index in [1.54, 1.807) is 11.3 Å². The van der Waals surface area contributed by atoms with Gasteiger partial charge in [-0.3, -0.25) is 4.79 Å². The van der Waals surface area contributed by atoms with E-state index in [0.29, 0.717) is 13.0 Å². The molecule has 0 spiro atoms. The summed E-state index contributed by atoms with van der Waals surface area (Å²) in [6.07, 6.45) is 1.25. The SMILES string of the molecule is Cc1csc(CCNC(=O)Cc2ccccc2)n1. The van der Waals surface area contributed by atoms with Crippen LogP contribution in [0.25, 0.3) is 0 Å². The van der Waals surface area contributed by atoms with Crippen LogP contribution in [0.5, 0.6) is 0 Å². The zero-order valence-electron chi connectivity index (χ0n) is 10.3. The molecule has 0 saturated heterocycles. The third-order valence-electron chi connectivity index (χ3n) is 2.54. The van der Waals surface area contributed by atoms with Gasteiger partial charge in [-0.2, -0.15) is 0 Å². The lowest BCUT2D eigenvalue weighted by Gasteiger charge is -2.03. The van der Waals surface area contributed by atoms with Gasteiger partial charge in [-0.1, -0.05) is 30.3 Å². The Bertz CT molecular complexity index is 508. The van der Waals surface area contributed by atoms with Gasteiger partial charge in [-0.05, 0) is 12.5 Å². The third kappa shape index (κ3) is 3.96. The zero-order chi connectivity index (χ0) is 12.8. The maximum Gasteiger partial charge on any atom is 0.224 e. The Morgan fingerprint density at radius 1 is 1.33 bits per heavy atom. The maximum atomic E-state index is 11.7. The molecule has 4 heteroatoms. The molecule has 2 aromatic rings. The Labute approximate surface area is 111 Å². The van der Waals surface area contributed by atoms with Crippen LogP contribution < -0.4 is 5.32 Å². The molecule has 0 aliphatic heterocycles. The Morgan fingerprint density at radius 2 is 2.11 bits per heavy atom. The summed E-state index contributed by atoms with van der Waals surface area (Å²) >= 11 is 1.64. The van der Waals surface area contributed by atoms with Crippen molar-refractivity contribution in [2.24, 2.45) is 0 Å². The molecule has 3 nitrogen and oxygen atoms in total. The van der Waals surface area contributed by atoms with Crippen LogP contribution in [0.4, 0.5) is 0 Å². The fourth-order valence-corrected chi connectivity index (χ4v) is 2.45. The first-order valence-corrected chi connectivity index (χ1v) is 6.83. The van der Waals surface area contributed by atoms with Crippen LogP contribution in [0, 0.1) is 6.92 Å². The molecule has 0 atom stereocenters. The lowest BCUT2D eigenvalue weighted by atomic mass is 10.1. The molecular weight excluding hydrogens is 244 g/mol. The number of benzene rings is 1. The average Bonchev–Trinajstić information content (AvgIpc) is 2.76. The molecule has 0 aliphatic carbocycles. The topological polar surface area (TPSA) is 42.0 Å². The number of thiazole rings is 1. The molecule has 0 bridgehead atoms. The number of nitrogens with one attached hydrogen (secondary N) is 1. The van der Waals surface area contributed by atoms with Crippen molar-refractivity contribution in [2.45, 2.75) is 19.8 Å². The molecule has 0 radical (unpaired) electrons. The van der Waals surface area contributed by atoms with Crippen molar-refractivity contribution in [1.29, 1.82) is 0 Å². The molecule has 0 saturated carbocycles. The van der Waals surface area contributed by atoms with Crippen molar-refractivity contribution in [1.82, 2.24) is 10.3 Å². The van der Waals surface area contributed by atoms with E-state index >= 15 is 0 Å². The molecule has 1 N–H and O–H groups in total. The highest BCUT2D eigenvalue weighted by atomic mass is 32.1. The first kappa shape index (κ1) is 12.8. The van der Waals surface area contributed by atoms with Gasteiger partial charge >= 0.3 is 0 Å². The number of rotatable bonds is 5. The number of carbonyl (C=O) groups is 1. The molecule has 1 amide bonds. The van der Waals surface area contributed by atoms with E-state index in [1.165, 1.54) is 0 Å². The van der Waals surface area contributed by atoms with E-state index in [9.17, 15) is 4.79 Å². The normalized spacial score (nSPS) is 10.3. The minimum atomic E-state index is 0.0643. The number of aromatic nitrogens is 1. The van der Waals surface area contributed by atoms with Gasteiger partial charge in [-0.15, -0.1) is 11.3 Å². The molecule has 1 aromatic heterocycles. The second-order valence-electron chi connectivity index (χ2n) is 4.14. The third-order valence-corrected chi connectivity index (χ3v) is 3.56. The number of hydrogen-bond acceptors (Lipinski definition) is 3. The monoisotopic (exact) mass is 260 g/mol. The first-order chi connectivity index (χ1) is 8.74. The fraction of sp³-hybridized carbons (Fsp3) is 0.286. The summed E-state index contributed by atoms with van der Waals surface area (Å²) in [5.41, 5.74) is 2.09. The maximum absolute atomic E-state index is 11.7. The fourth-order valence-electron chi connectivity index (χ4n) is 1.67.